The number of amides is 2. The molecule has 5 heterocycles. The lowest BCUT2D eigenvalue weighted by Gasteiger charge is -2.49. The molecule has 0 bridgehead atoms. The molecule has 0 radical (unpaired) electrons. The third-order valence-corrected chi connectivity index (χ3v) is 12.8. The van der Waals surface area contributed by atoms with Crippen LogP contribution in [0.1, 0.15) is 27.7 Å². The highest BCUT2D eigenvalue weighted by molar-refractivity contribution is 5.73. The summed E-state index contributed by atoms with van der Waals surface area (Å²) >= 11 is 0. The quantitative estimate of drug-likeness (QED) is 0.0538. The van der Waals surface area contributed by atoms with Crippen molar-refractivity contribution in [3.8, 4) is 0 Å². The molecular weight excluding hydrogens is 972 g/mol. The minimum absolute atomic E-state index is 0.811. The van der Waals surface area contributed by atoms with Crippen LogP contribution in [0.2, 0.25) is 0 Å². The molecule has 5 aliphatic heterocycles. The summed E-state index contributed by atoms with van der Waals surface area (Å²) < 4.78 is 57.1. The zero-order valence-electron chi connectivity index (χ0n) is 38.8. The van der Waals surface area contributed by atoms with Crippen molar-refractivity contribution in [3.05, 3.63) is 0 Å². The monoisotopic (exact) mass is 1040 g/mol. The maximum atomic E-state index is 12.5. The van der Waals surface area contributed by atoms with Crippen LogP contribution in [-0.2, 0) is 57.0 Å². The number of nitrogens with one attached hydrogen (secondary N) is 2. The number of hydrogen-bond acceptors (Lipinski definition) is 29. The van der Waals surface area contributed by atoms with E-state index in [-0.39, 0.29) is 0 Å². The molecule has 31 nitrogen and oxygen atoms in total. The van der Waals surface area contributed by atoms with E-state index in [1.54, 1.807) is 0 Å². The van der Waals surface area contributed by atoms with Gasteiger partial charge >= 0.3 is 0 Å². The minimum atomic E-state index is -2.29. The van der Waals surface area contributed by atoms with E-state index >= 15 is 0 Å². The zero-order chi connectivity index (χ0) is 52.9. The molecule has 29 atom stereocenters. The summed E-state index contributed by atoms with van der Waals surface area (Å²) in [5, 5.41) is 186. The molecule has 71 heavy (non-hydrogen) atoms. The van der Waals surface area contributed by atoms with Crippen LogP contribution in [-0.4, -0.2) is 309 Å². The van der Waals surface area contributed by atoms with Gasteiger partial charge in [0.1, 0.15) is 128 Å². The Morgan fingerprint density at radius 2 is 0.958 bits per heavy atom. The van der Waals surface area contributed by atoms with Crippen molar-refractivity contribution < 1.29 is 144 Å². The SMILES string of the molecule is CC(=O)N[C@H]1[C@H](OC[C@@H](O)[C@H](O)[C@H](O[C@@H]2O[C@H](CO)[C@H](O)[C@H](O)[C@H]2O[C@@H]2O[C@@H](C)[C@@H](O)[C@@H](O)[C@@H]2O)[C@H](CO)NC(C)=O)O[C@H](CO)[C@@H](O[C@@H]2O[C@H](CO)[C@H](O)[C@H](O)[C@H]2O[C@@H]2O[C@@H](C)[C@@H](O)[C@@H](O)[C@@H]2O)[C@@H]1O. The fourth-order valence-corrected chi connectivity index (χ4v) is 8.68. The van der Waals surface area contributed by atoms with E-state index in [9.17, 15) is 96.4 Å². The molecule has 0 aromatic rings. The molecule has 5 fully saturated rings. The van der Waals surface area contributed by atoms with Crippen LogP contribution in [0.5, 0.6) is 0 Å². The average molecular weight is 1040 g/mol. The van der Waals surface area contributed by atoms with Gasteiger partial charge in [0.15, 0.2) is 31.5 Å². The normalized spacial score (nSPS) is 46.1. The summed E-state index contributed by atoms with van der Waals surface area (Å²) in [4.78, 5) is 24.8. The number of carbonyl (C=O) groups excluding carboxylic acids is 2. The van der Waals surface area contributed by atoms with Crippen LogP contribution in [0.25, 0.3) is 0 Å². The molecule has 19 N–H and O–H groups in total. The predicted octanol–water partition coefficient (Wildman–Crippen LogP) is -12.1. The predicted molar refractivity (Wildman–Crippen MR) is 222 cm³/mol. The Morgan fingerprint density at radius 1 is 0.507 bits per heavy atom. The summed E-state index contributed by atoms with van der Waals surface area (Å²) in [6.07, 6.45) is -49.4. The lowest BCUT2D eigenvalue weighted by Crippen LogP contribution is -2.68. The van der Waals surface area contributed by atoms with Gasteiger partial charge in [-0.1, -0.05) is 0 Å². The van der Waals surface area contributed by atoms with Crippen molar-refractivity contribution in [2.45, 2.75) is 206 Å². The first-order valence-electron chi connectivity index (χ1n) is 22.7. The largest absolute Gasteiger partial charge is 0.394 e. The van der Waals surface area contributed by atoms with Gasteiger partial charge in [-0.05, 0) is 13.8 Å². The molecule has 0 aromatic heterocycles. The van der Waals surface area contributed by atoms with E-state index in [4.69, 9.17) is 47.4 Å². The number of rotatable bonds is 20. The first kappa shape index (κ1) is 59.7. The summed E-state index contributed by atoms with van der Waals surface area (Å²) in [7, 11) is 0. The van der Waals surface area contributed by atoms with Crippen molar-refractivity contribution in [1.29, 1.82) is 0 Å². The Hall–Kier alpha value is -2.14. The van der Waals surface area contributed by atoms with Crippen molar-refractivity contribution in [3.63, 3.8) is 0 Å². The molecule has 414 valence electrons. The second kappa shape index (κ2) is 26.1. The van der Waals surface area contributed by atoms with Gasteiger partial charge in [-0.2, -0.15) is 0 Å². The molecule has 5 aliphatic rings. The van der Waals surface area contributed by atoms with Crippen LogP contribution in [0, 0.1) is 0 Å². The molecule has 31 heteroatoms. The Kier molecular flexibility index (Phi) is 21.9. The highest BCUT2D eigenvalue weighted by atomic mass is 16.8. The fraction of sp³-hybridized carbons (Fsp3) is 0.950. The van der Waals surface area contributed by atoms with Gasteiger partial charge in [0.05, 0.1) is 51.3 Å². The fourth-order valence-electron chi connectivity index (χ4n) is 8.68. The van der Waals surface area contributed by atoms with Gasteiger partial charge in [0.2, 0.25) is 11.8 Å². The number of aliphatic hydroxyl groups excluding tert-OH is 17. The van der Waals surface area contributed by atoms with Crippen molar-refractivity contribution in [2.24, 2.45) is 0 Å². The minimum Gasteiger partial charge on any atom is -0.394 e. The van der Waals surface area contributed by atoms with Gasteiger partial charge in [-0.25, -0.2) is 0 Å². The molecule has 0 spiro atoms. The van der Waals surface area contributed by atoms with Crippen LogP contribution < -0.4 is 10.6 Å². The van der Waals surface area contributed by atoms with Gasteiger partial charge < -0.3 is 145 Å². The summed E-state index contributed by atoms with van der Waals surface area (Å²) in [5.41, 5.74) is 0. The molecule has 0 aromatic carbocycles. The molecule has 0 aliphatic carbocycles. The Bertz CT molecular complexity index is 1660. The number of ether oxygens (including phenoxy) is 10. The first-order chi connectivity index (χ1) is 33.4. The zero-order valence-corrected chi connectivity index (χ0v) is 38.8. The van der Waals surface area contributed by atoms with Gasteiger partial charge in [0.25, 0.3) is 0 Å². The topological polar surface area (TPSA) is 494 Å². The second-order valence-electron chi connectivity index (χ2n) is 18.0. The second-order valence-corrected chi connectivity index (χ2v) is 18.0. The van der Waals surface area contributed by atoms with Gasteiger partial charge in [-0.3, -0.25) is 9.59 Å². The molecule has 0 saturated carbocycles. The molecule has 0 unspecified atom stereocenters. The molecule has 2 amide bonds. The van der Waals surface area contributed by atoms with Gasteiger partial charge in [-0.15, -0.1) is 0 Å². The number of aliphatic hydroxyl groups is 17. The lowest BCUT2D eigenvalue weighted by molar-refractivity contribution is -0.383. The maximum Gasteiger partial charge on any atom is 0.217 e. The van der Waals surface area contributed by atoms with E-state index in [1.165, 1.54) is 13.8 Å². The smallest absolute Gasteiger partial charge is 0.217 e. The maximum absolute atomic E-state index is 12.5. The summed E-state index contributed by atoms with van der Waals surface area (Å²) in [6.45, 7) is -0.270. The van der Waals surface area contributed by atoms with Gasteiger partial charge in [0, 0.05) is 13.8 Å². The molecule has 5 rings (SSSR count). The Balaban J connectivity index is 1.37. The molecular formula is C40H70N2O29. The van der Waals surface area contributed by atoms with E-state index in [0.29, 0.717) is 0 Å². The van der Waals surface area contributed by atoms with Crippen LogP contribution >= 0.6 is 0 Å². The molecule has 5 saturated heterocycles. The van der Waals surface area contributed by atoms with E-state index in [2.05, 4.69) is 10.6 Å². The van der Waals surface area contributed by atoms with Crippen LogP contribution in [0.3, 0.4) is 0 Å². The van der Waals surface area contributed by atoms with E-state index in [1.807, 2.05) is 0 Å². The van der Waals surface area contributed by atoms with Crippen molar-refractivity contribution >= 4 is 11.8 Å². The highest BCUT2D eigenvalue weighted by Gasteiger charge is 2.56. The summed E-state index contributed by atoms with van der Waals surface area (Å²) in [6, 6.07) is -3.36. The number of carbonyl (C=O) groups is 2. The third-order valence-electron chi connectivity index (χ3n) is 12.8. The van der Waals surface area contributed by atoms with Crippen molar-refractivity contribution in [2.75, 3.05) is 33.0 Å². The number of hydrogen-bond donors (Lipinski definition) is 19. The third kappa shape index (κ3) is 13.6. The van der Waals surface area contributed by atoms with E-state index < -0.39 is 223 Å². The summed E-state index contributed by atoms with van der Waals surface area (Å²) in [5.74, 6) is -1.63. The standard InChI is InChI=1S/C40H70N2O29/c1-10-20(50)26(56)30(60)37(63-10)70-34-28(58)23(53)16(6-44)65-39(34)68-32(14(5-43)41-12(3)47)22(52)15(49)9-62-36-19(42-13(4)48)25(55)33(18(8-46)67-36)69-40-35(29(59)24(54)17(7-45)66-40)71-38-31(61)27(57)21(51)11(2)64-38/h10-11,14-40,43-46,49-61H,5-9H2,1-4H3,(H,41,47)(H,42,48)/t10-,11-,14-,15+,16+,17+,18+,19+,20+,21+,22-,23-,24-,25+,26+,27+,28-,29-,30-,31-,32+,33+,34+,35+,36+,37-,38-,39-,40-/m0/s1. The lowest BCUT2D eigenvalue weighted by atomic mass is 9.95. The Morgan fingerprint density at radius 3 is 1.41 bits per heavy atom. The van der Waals surface area contributed by atoms with Crippen LogP contribution in [0.15, 0.2) is 0 Å². The van der Waals surface area contributed by atoms with E-state index in [0.717, 1.165) is 13.8 Å². The Labute approximate surface area is 404 Å². The highest BCUT2D eigenvalue weighted by Crippen LogP contribution is 2.35. The first-order valence-corrected chi connectivity index (χ1v) is 22.7. The van der Waals surface area contributed by atoms with Crippen molar-refractivity contribution in [1.82, 2.24) is 10.6 Å². The average Bonchev–Trinajstić information content (AvgIpc) is 3.33. The van der Waals surface area contributed by atoms with Crippen LogP contribution in [0.4, 0.5) is 0 Å².